The van der Waals surface area contributed by atoms with Gasteiger partial charge in [-0.15, -0.1) is 0 Å². The van der Waals surface area contributed by atoms with Crippen LogP contribution >= 0.6 is 0 Å². The summed E-state index contributed by atoms with van der Waals surface area (Å²) in [6.45, 7) is 1.70. The van der Waals surface area contributed by atoms with E-state index in [1.54, 1.807) is 13.0 Å². The first-order chi connectivity index (χ1) is 13.2. The maximum Gasteiger partial charge on any atom is 0.408 e. The standard InChI is InChI=1S/C18H15F4N5O/c1-9-4-14(11-5-12(19)7-23-6-11)25-16-13(8-24-27(9)16)17(28)26-15(10-2-3-10)18(20,21)22/h4-8,10,15H,2-3H2,1H3,(H,26,28). The molecule has 4 rings (SSSR count). The minimum atomic E-state index is -4.53. The number of aromatic nitrogens is 4. The lowest BCUT2D eigenvalue weighted by Crippen LogP contribution is -2.46. The fourth-order valence-corrected chi connectivity index (χ4v) is 3.09. The number of pyridine rings is 1. The van der Waals surface area contributed by atoms with Gasteiger partial charge in [-0.05, 0) is 37.8 Å². The fraction of sp³-hybridized carbons (Fsp3) is 0.333. The Balaban J connectivity index is 1.72. The zero-order valence-corrected chi connectivity index (χ0v) is 14.7. The monoisotopic (exact) mass is 393 g/mol. The van der Waals surface area contributed by atoms with Crippen LogP contribution in [0, 0.1) is 18.7 Å². The molecule has 0 spiro atoms. The van der Waals surface area contributed by atoms with Gasteiger partial charge in [0.1, 0.15) is 17.4 Å². The molecule has 0 bridgehead atoms. The SMILES string of the molecule is Cc1cc(-c2cncc(F)c2)nc2c(C(=O)NC(C3CC3)C(F)(F)F)cnn12. The summed E-state index contributed by atoms with van der Waals surface area (Å²) in [5.41, 5.74) is 1.31. The number of carbonyl (C=O) groups is 1. The average molecular weight is 393 g/mol. The van der Waals surface area contributed by atoms with Crippen LogP contribution in [0.25, 0.3) is 16.9 Å². The largest absolute Gasteiger partial charge is 0.408 e. The van der Waals surface area contributed by atoms with E-state index in [1.807, 2.05) is 0 Å². The van der Waals surface area contributed by atoms with Gasteiger partial charge in [0.05, 0.1) is 18.1 Å². The minimum Gasteiger partial charge on any atom is -0.340 e. The van der Waals surface area contributed by atoms with Crippen molar-refractivity contribution >= 4 is 11.6 Å². The third-order valence-electron chi connectivity index (χ3n) is 4.63. The predicted octanol–water partition coefficient (Wildman–Crippen LogP) is 3.31. The fourth-order valence-electron chi connectivity index (χ4n) is 3.09. The van der Waals surface area contributed by atoms with Gasteiger partial charge in [0, 0.05) is 17.5 Å². The van der Waals surface area contributed by atoms with E-state index in [0.717, 1.165) is 6.20 Å². The summed E-state index contributed by atoms with van der Waals surface area (Å²) >= 11 is 0. The topological polar surface area (TPSA) is 72.2 Å². The van der Waals surface area contributed by atoms with Crippen LogP contribution in [0.1, 0.15) is 28.9 Å². The number of nitrogens with zero attached hydrogens (tertiary/aromatic N) is 4. The molecule has 146 valence electrons. The van der Waals surface area contributed by atoms with E-state index >= 15 is 0 Å². The van der Waals surface area contributed by atoms with E-state index in [0.29, 0.717) is 29.8 Å². The van der Waals surface area contributed by atoms with E-state index in [9.17, 15) is 22.4 Å². The van der Waals surface area contributed by atoms with Gasteiger partial charge in [-0.3, -0.25) is 9.78 Å². The summed E-state index contributed by atoms with van der Waals surface area (Å²) in [6.07, 6.45) is -0.0489. The average Bonchev–Trinajstić information content (AvgIpc) is 3.36. The summed E-state index contributed by atoms with van der Waals surface area (Å²) in [7, 11) is 0. The number of carbonyl (C=O) groups excluding carboxylic acids is 1. The van der Waals surface area contributed by atoms with E-state index in [1.165, 1.54) is 23.0 Å². The van der Waals surface area contributed by atoms with Gasteiger partial charge in [0.25, 0.3) is 5.91 Å². The lowest BCUT2D eigenvalue weighted by atomic mass is 10.1. The van der Waals surface area contributed by atoms with E-state index in [2.05, 4.69) is 20.4 Å². The highest BCUT2D eigenvalue weighted by molar-refractivity contribution is 6.00. The molecule has 28 heavy (non-hydrogen) atoms. The molecule has 0 aliphatic heterocycles. The number of alkyl halides is 3. The zero-order chi connectivity index (χ0) is 20.1. The zero-order valence-electron chi connectivity index (χ0n) is 14.7. The Morgan fingerprint density at radius 2 is 2.00 bits per heavy atom. The van der Waals surface area contributed by atoms with E-state index in [-0.39, 0.29) is 11.2 Å². The van der Waals surface area contributed by atoms with Crippen molar-refractivity contribution < 1.29 is 22.4 Å². The molecular formula is C18H15F4N5O. The molecule has 10 heteroatoms. The highest BCUT2D eigenvalue weighted by Gasteiger charge is 2.49. The molecule has 1 aliphatic carbocycles. The lowest BCUT2D eigenvalue weighted by Gasteiger charge is -2.20. The maximum absolute atomic E-state index is 13.5. The van der Waals surface area contributed by atoms with Gasteiger partial charge in [-0.1, -0.05) is 0 Å². The van der Waals surface area contributed by atoms with Crippen LogP contribution in [0.5, 0.6) is 0 Å². The van der Waals surface area contributed by atoms with Gasteiger partial charge in [0.2, 0.25) is 0 Å². The smallest absolute Gasteiger partial charge is 0.340 e. The van der Waals surface area contributed by atoms with Gasteiger partial charge in [-0.25, -0.2) is 13.9 Å². The number of hydrogen-bond donors (Lipinski definition) is 1. The molecule has 1 atom stereocenters. The molecule has 1 aliphatic rings. The second-order valence-electron chi connectivity index (χ2n) is 6.80. The van der Waals surface area contributed by atoms with Crippen molar-refractivity contribution in [3.63, 3.8) is 0 Å². The first kappa shape index (κ1) is 18.3. The van der Waals surface area contributed by atoms with Crippen molar-refractivity contribution in [1.82, 2.24) is 24.9 Å². The number of fused-ring (bicyclic) bond motifs is 1. The van der Waals surface area contributed by atoms with Crippen LogP contribution in [0.4, 0.5) is 17.6 Å². The Morgan fingerprint density at radius 1 is 1.25 bits per heavy atom. The Hall–Kier alpha value is -3.04. The first-order valence-corrected chi connectivity index (χ1v) is 8.58. The molecule has 1 amide bonds. The lowest BCUT2D eigenvalue weighted by molar-refractivity contribution is -0.158. The molecule has 3 heterocycles. The molecule has 6 nitrogen and oxygen atoms in total. The van der Waals surface area contributed by atoms with E-state index in [4.69, 9.17) is 0 Å². The third-order valence-corrected chi connectivity index (χ3v) is 4.63. The highest BCUT2D eigenvalue weighted by atomic mass is 19.4. The summed E-state index contributed by atoms with van der Waals surface area (Å²) in [6, 6.07) is 0.960. The van der Waals surface area contributed by atoms with Crippen LogP contribution in [-0.4, -0.2) is 37.7 Å². The minimum absolute atomic E-state index is 0.0794. The van der Waals surface area contributed by atoms with Crippen molar-refractivity contribution in [3.05, 3.63) is 47.8 Å². The molecule has 1 unspecified atom stereocenters. The van der Waals surface area contributed by atoms with Crippen molar-refractivity contribution in [3.8, 4) is 11.3 Å². The normalized spacial score (nSPS) is 15.6. The summed E-state index contributed by atoms with van der Waals surface area (Å²) in [4.78, 5) is 20.6. The van der Waals surface area contributed by atoms with Gasteiger partial charge < -0.3 is 5.32 Å². The molecule has 1 saturated carbocycles. The quantitative estimate of drug-likeness (QED) is 0.691. The summed E-state index contributed by atoms with van der Waals surface area (Å²) in [5.74, 6) is -2.05. The second kappa shape index (κ2) is 6.54. The Labute approximate surface area is 156 Å². The second-order valence-corrected chi connectivity index (χ2v) is 6.80. The summed E-state index contributed by atoms with van der Waals surface area (Å²) < 4.78 is 54.5. The summed E-state index contributed by atoms with van der Waals surface area (Å²) in [5, 5.41) is 6.12. The van der Waals surface area contributed by atoms with Crippen molar-refractivity contribution in [2.24, 2.45) is 5.92 Å². The van der Waals surface area contributed by atoms with Crippen molar-refractivity contribution in [2.75, 3.05) is 0 Å². The number of aryl methyl sites for hydroxylation is 1. The molecular weight excluding hydrogens is 378 g/mol. The maximum atomic E-state index is 13.5. The number of hydrogen-bond acceptors (Lipinski definition) is 4. The van der Waals surface area contributed by atoms with Crippen LogP contribution < -0.4 is 5.32 Å². The third kappa shape index (κ3) is 3.41. The number of halogens is 4. The highest BCUT2D eigenvalue weighted by Crippen LogP contribution is 2.40. The van der Waals surface area contributed by atoms with Gasteiger partial charge >= 0.3 is 6.18 Å². The Kier molecular flexibility index (Phi) is 4.28. The van der Waals surface area contributed by atoms with Crippen LogP contribution in [-0.2, 0) is 0 Å². The first-order valence-electron chi connectivity index (χ1n) is 8.58. The molecule has 1 N–H and O–H groups in total. The van der Waals surface area contributed by atoms with Crippen molar-refractivity contribution in [1.29, 1.82) is 0 Å². The number of amides is 1. The molecule has 0 saturated heterocycles. The van der Waals surface area contributed by atoms with Crippen LogP contribution in [0.15, 0.2) is 30.7 Å². The Bertz CT molecular complexity index is 1060. The molecule has 0 aromatic carbocycles. The van der Waals surface area contributed by atoms with Crippen LogP contribution in [0.3, 0.4) is 0 Å². The van der Waals surface area contributed by atoms with Crippen LogP contribution in [0.2, 0.25) is 0 Å². The van der Waals surface area contributed by atoms with Gasteiger partial charge in [-0.2, -0.15) is 18.3 Å². The molecule has 1 fully saturated rings. The van der Waals surface area contributed by atoms with Gasteiger partial charge in [0.15, 0.2) is 5.65 Å². The van der Waals surface area contributed by atoms with Crippen molar-refractivity contribution in [2.45, 2.75) is 32.0 Å². The molecule has 3 aromatic heterocycles. The Morgan fingerprint density at radius 3 is 2.64 bits per heavy atom. The van der Waals surface area contributed by atoms with E-state index < -0.39 is 29.9 Å². The molecule has 0 radical (unpaired) electrons. The number of nitrogens with one attached hydrogen (secondary N) is 1. The predicted molar refractivity (Wildman–Crippen MR) is 90.9 cm³/mol. The number of rotatable bonds is 4. The molecule has 3 aromatic rings.